The number of likely N-dealkylation sites (N-methyl/N-ethyl adjacent to an activating group) is 1. The number of nitrogens with zero attached hydrogens (tertiary/aromatic N) is 5. The van der Waals surface area contributed by atoms with Crippen LogP contribution in [-0.4, -0.2) is 51.8 Å². The van der Waals surface area contributed by atoms with Gasteiger partial charge < -0.3 is 9.64 Å². The summed E-state index contributed by atoms with van der Waals surface area (Å²) in [7, 11) is 3.86. The van der Waals surface area contributed by atoms with Crippen molar-refractivity contribution < 1.29 is 9.66 Å². The Morgan fingerprint density at radius 1 is 1.40 bits per heavy atom. The second-order valence-corrected chi connectivity index (χ2v) is 4.43. The fourth-order valence-electron chi connectivity index (χ4n) is 1.58. The van der Waals surface area contributed by atoms with Gasteiger partial charge in [-0.3, -0.25) is 10.1 Å². The van der Waals surface area contributed by atoms with Crippen LogP contribution in [0.25, 0.3) is 5.69 Å². The van der Waals surface area contributed by atoms with Crippen molar-refractivity contribution >= 4 is 5.69 Å². The summed E-state index contributed by atoms with van der Waals surface area (Å²) in [6.45, 7) is 1.17. The molecule has 1 aromatic carbocycles. The van der Waals surface area contributed by atoms with Gasteiger partial charge in [0.25, 0.3) is 5.69 Å². The van der Waals surface area contributed by atoms with Gasteiger partial charge in [0.15, 0.2) is 0 Å². The van der Waals surface area contributed by atoms with Crippen LogP contribution < -0.4 is 4.74 Å². The van der Waals surface area contributed by atoms with E-state index in [1.54, 1.807) is 6.07 Å². The van der Waals surface area contributed by atoms with E-state index in [9.17, 15) is 10.1 Å². The lowest BCUT2D eigenvalue weighted by molar-refractivity contribution is -0.384. The molecule has 0 fully saturated rings. The van der Waals surface area contributed by atoms with Crippen LogP contribution in [0.2, 0.25) is 0 Å². The van der Waals surface area contributed by atoms with Gasteiger partial charge in [0.2, 0.25) is 0 Å². The van der Waals surface area contributed by atoms with Gasteiger partial charge in [0.1, 0.15) is 25.0 Å². The highest BCUT2D eigenvalue weighted by Crippen LogP contribution is 2.24. The highest BCUT2D eigenvalue weighted by molar-refractivity contribution is 5.49. The summed E-state index contributed by atoms with van der Waals surface area (Å²) in [6, 6.07) is 4.51. The van der Waals surface area contributed by atoms with Crippen LogP contribution in [0.15, 0.2) is 30.9 Å². The number of ether oxygens (including phenoxy) is 1. The number of nitro benzene ring substituents is 1. The minimum absolute atomic E-state index is 0.0437. The van der Waals surface area contributed by atoms with Crippen LogP contribution in [0.1, 0.15) is 0 Å². The molecule has 0 spiro atoms. The summed E-state index contributed by atoms with van der Waals surface area (Å²) in [5.74, 6) is 0.437. The minimum Gasteiger partial charge on any atom is -0.492 e. The standard InChI is InChI=1S/C12H15N5O3/c1-15(2)3-4-20-12-6-10(16-9-13-8-14-16)5-11(7-12)17(18)19/h5-9H,3-4H2,1-2H3. The fraction of sp³-hybridized carbons (Fsp3) is 0.333. The first-order valence-corrected chi connectivity index (χ1v) is 5.98. The second kappa shape index (κ2) is 6.11. The maximum atomic E-state index is 11.0. The molecule has 0 aliphatic carbocycles. The Morgan fingerprint density at radius 2 is 2.20 bits per heavy atom. The van der Waals surface area contributed by atoms with E-state index in [2.05, 4.69) is 10.1 Å². The average Bonchev–Trinajstić information content (AvgIpc) is 2.91. The van der Waals surface area contributed by atoms with Crippen molar-refractivity contribution in [2.75, 3.05) is 27.2 Å². The normalized spacial score (nSPS) is 10.8. The Labute approximate surface area is 115 Å². The van der Waals surface area contributed by atoms with Crippen LogP contribution in [0.4, 0.5) is 5.69 Å². The minimum atomic E-state index is -0.459. The third-order valence-electron chi connectivity index (χ3n) is 2.58. The van der Waals surface area contributed by atoms with Crippen molar-refractivity contribution in [3.8, 4) is 11.4 Å². The molecule has 106 valence electrons. The van der Waals surface area contributed by atoms with Crippen molar-refractivity contribution in [1.82, 2.24) is 19.7 Å². The molecule has 0 aliphatic rings. The Kier molecular flexibility index (Phi) is 4.26. The number of benzene rings is 1. The zero-order valence-corrected chi connectivity index (χ0v) is 11.3. The summed E-state index contributed by atoms with van der Waals surface area (Å²) >= 11 is 0. The molecule has 0 saturated carbocycles. The van der Waals surface area contributed by atoms with Crippen LogP contribution in [0.5, 0.6) is 5.75 Å². The third-order valence-corrected chi connectivity index (χ3v) is 2.58. The van der Waals surface area contributed by atoms with Gasteiger partial charge in [0, 0.05) is 18.7 Å². The van der Waals surface area contributed by atoms with E-state index >= 15 is 0 Å². The molecule has 2 aromatic rings. The number of hydrogen-bond donors (Lipinski definition) is 0. The third kappa shape index (κ3) is 3.51. The zero-order valence-electron chi connectivity index (χ0n) is 11.3. The number of aromatic nitrogens is 3. The molecule has 20 heavy (non-hydrogen) atoms. The fourth-order valence-corrected chi connectivity index (χ4v) is 1.58. The predicted molar refractivity (Wildman–Crippen MR) is 72.1 cm³/mol. The van der Waals surface area contributed by atoms with Crippen LogP contribution in [0, 0.1) is 10.1 Å². The number of non-ortho nitro benzene ring substituents is 1. The monoisotopic (exact) mass is 277 g/mol. The quantitative estimate of drug-likeness (QED) is 0.581. The lowest BCUT2D eigenvalue weighted by Gasteiger charge is -2.11. The van der Waals surface area contributed by atoms with Gasteiger partial charge in [0.05, 0.1) is 16.7 Å². The molecule has 2 rings (SSSR count). The lowest BCUT2D eigenvalue weighted by Crippen LogP contribution is -2.19. The Bertz CT molecular complexity index is 583. The molecule has 8 nitrogen and oxygen atoms in total. The predicted octanol–water partition coefficient (Wildman–Crippen LogP) is 1.12. The Hall–Kier alpha value is -2.48. The van der Waals surface area contributed by atoms with Gasteiger partial charge in [-0.25, -0.2) is 9.67 Å². The van der Waals surface area contributed by atoms with E-state index in [1.807, 2.05) is 19.0 Å². The first-order chi connectivity index (χ1) is 9.56. The zero-order chi connectivity index (χ0) is 14.5. The van der Waals surface area contributed by atoms with E-state index in [-0.39, 0.29) is 5.69 Å². The van der Waals surface area contributed by atoms with E-state index in [1.165, 1.54) is 29.5 Å². The molecule has 0 radical (unpaired) electrons. The van der Waals surface area contributed by atoms with Crippen molar-refractivity contribution in [3.05, 3.63) is 41.0 Å². The molecule has 0 aliphatic heterocycles. The average molecular weight is 277 g/mol. The highest BCUT2D eigenvalue weighted by atomic mass is 16.6. The molecule has 0 unspecified atom stereocenters. The van der Waals surface area contributed by atoms with Crippen LogP contribution in [-0.2, 0) is 0 Å². The van der Waals surface area contributed by atoms with Crippen LogP contribution in [0.3, 0.4) is 0 Å². The summed E-state index contributed by atoms with van der Waals surface area (Å²) in [5.41, 5.74) is 0.495. The summed E-state index contributed by atoms with van der Waals surface area (Å²) < 4.78 is 6.99. The van der Waals surface area contributed by atoms with Crippen molar-refractivity contribution in [2.24, 2.45) is 0 Å². The smallest absolute Gasteiger partial charge is 0.275 e. The highest BCUT2D eigenvalue weighted by Gasteiger charge is 2.12. The summed E-state index contributed by atoms with van der Waals surface area (Å²) in [6.07, 6.45) is 2.84. The van der Waals surface area contributed by atoms with Crippen molar-refractivity contribution in [1.29, 1.82) is 0 Å². The molecular formula is C12H15N5O3. The van der Waals surface area contributed by atoms with Crippen LogP contribution >= 0.6 is 0 Å². The van der Waals surface area contributed by atoms with Gasteiger partial charge in [-0.2, -0.15) is 5.10 Å². The summed E-state index contributed by atoms with van der Waals surface area (Å²) in [5, 5.41) is 14.9. The van der Waals surface area contributed by atoms with Gasteiger partial charge >= 0.3 is 0 Å². The molecule has 0 bridgehead atoms. The summed E-state index contributed by atoms with van der Waals surface area (Å²) in [4.78, 5) is 16.3. The number of hydrogen-bond acceptors (Lipinski definition) is 6. The van der Waals surface area contributed by atoms with E-state index in [0.717, 1.165) is 6.54 Å². The molecular weight excluding hydrogens is 262 g/mol. The van der Waals surface area contributed by atoms with E-state index < -0.39 is 4.92 Å². The van der Waals surface area contributed by atoms with Crippen molar-refractivity contribution in [2.45, 2.75) is 0 Å². The molecule has 0 amide bonds. The Balaban J connectivity index is 2.25. The SMILES string of the molecule is CN(C)CCOc1cc(-n2cncn2)cc([N+](=O)[O-])c1. The molecule has 0 saturated heterocycles. The number of nitro groups is 1. The van der Waals surface area contributed by atoms with Gasteiger partial charge in [-0.05, 0) is 14.1 Å². The topological polar surface area (TPSA) is 86.3 Å². The first-order valence-electron chi connectivity index (χ1n) is 5.98. The number of rotatable bonds is 6. The Morgan fingerprint density at radius 3 is 2.80 bits per heavy atom. The van der Waals surface area contributed by atoms with Gasteiger partial charge in [-0.15, -0.1) is 0 Å². The maximum absolute atomic E-state index is 11.0. The molecule has 0 N–H and O–H groups in total. The second-order valence-electron chi connectivity index (χ2n) is 4.43. The molecule has 8 heteroatoms. The largest absolute Gasteiger partial charge is 0.492 e. The van der Waals surface area contributed by atoms with Gasteiger partial charge in [-0.1, -0.05) is 0 Å². The maximum Gasteiger partial charge on any atom is 0.275 e. The lowest BCUT2D eigenvalue weighted by atomic mass is 10.2. The molecule has 0 atom stereocenters. The van der Waals surface area contributed by atoms with Crippen molar-refractivity contribution in [3.63, 3.8) is 0 Å². The molecule has 1 aromatic heterocycles. The molecule has 1 heterocycles. The van der Waals surface area contributed by atoms with E-state index in [0.29, 0.717) is 18.0 Å². The first kappa shape index (κ1) is 13.9. The van der Waals surface area contributed by atoms with E-state index in [4.69, 9.17) is 4.74 Å².